The molecule has 0 aliphatic heterocycles. The molecule has 0 aliphatic rings. The Morgan fingerprint density at radius 1 is 0.284 bits per heavy atom. The van der Waals surface area contributed by atoms with Crippen molar-refractivity contribution < 1.29 is 28.6 Å². The van der Waals surface area contributed by atoms with Crippen LogP contribution < -0.4 is 0 Å². The molecule has 0 saturated heterocycles. The van der Waals surface area contributed by atoms with Crippen LogP contribution in [0.2, 0.25) is 0 Å². The fraction of sp³-hybridized carbons (Fsp3) is 0.779. The van der Waals surface area contributed by atoms with E-state index in [4.69, 9.17) is 14.2 Å². The molecule has 6 nitrogen and oxygen atoms in total. The Hall–Kier alpha value is -3.15. The quantitative estimate of drug-likeness (QED) is 0.0261. The van der Waals surface area contributed by atoms with E-state index in [-0.39, 0.29) is 31.1 Å². The third kappa shape index (κ3) is 59.7. The maximum Gasteiger partial charge on any atom is 0.306 e. The molecular formula is C68H120O6. The number of unbranched alkanes of at least 4 members (excludes halogenated alkanes) is 35. The van der Waals surface area contributed by atoms with Gasteiger partial charge < -0.3 is 14.2 Å². The van der Waals surface area contributed by atoms with Crippen LogP contribution in [0.1, 0.15) is 323 Å². The standard InChI is InChI=1S/C68H120O6/c1-4-7-10-13-16-19-22-25-27-29-30-31-32-33-34-35-36-37-38-40-41-43-46-49-52-55-58-61-67(70)73-64-65(63-72-66(69)60-57-54-51-48-45-24-21-18-15-12-9-6-3)74-68(71)62-59-56-53-50-47-44-42-39-28-26-23-20-17-14-11-8-5-2/h7,10,16-17,19-20,25-28,30-31,65H,4-6,8-9,11-15,18,21-24,29,32-64H2,1-3H3/b10-7-,19-16-,20-17-,27-25-,28-26-,31-30-. The molecular weight excluding hydrogens is 913 g/mol. The van der Waals surface area contributed by atoms with Crippen LogP contribution in [-0.2, 0) is 28.6 Å². The van der Waals surface area contributed by atoms with Gasteiger partial charge in [0.15, 0.2) is 6.10 Å². The van der Waals surface area contributed by atoms with E-state index < -0.39 is 6.10 Å². The van der Waals surface area contributed by atoms with Crippen LogP contribution in [0.5, 0.6) is 0 Å². The smallest absolute Gasteiger partial charge is 0.306 e. The molecule has 0 amide bonds. The van der Waals surface area contributed by atoms with Crippen molar-refractivity contribution in [2.45, 2.75) is 329 Å². The number of ether oxygens (including phenoxy) is 3. The van der Waals surface area contributed by atoms with Crippen molar-refractivity contribution in [2.75, 3.05) is 13.2 Å². The summed E-state index contributed by atoms with van der Waals surface area (Å²) in [7, 11) is 0. The molecule has 74 heavy (non-hydrogen) atoms. The molecule has 0 fully saturated rings. The monoisotopic (exact) mass is 1030 g/mol. The van der Waals surface area contributed by atoms with Crippen molar-refractivity contribution in [3.63, 3.8) is 0 Å². The SMILES string of the molecule is CC/C=C\C/C=C\C/C=C\C/C=C\CCCCCCCCCCCCCCCCC(=O)OCC(COC(=O)CCCCCCCCCCCCCC)OC(=O)CCCCCCCCC/C=C\C/C=C\CCCCC. The Bertz CT molecular complexity index is 1370. The summed E-state index contributed by atoms with van der Waals surface area (Å²) in [5.41, 5.74) is 0. The second kappa shape index (κ2) is 62.4. The van der Waals surface area contributed by atoms with E-state index in [0.29, 0.717) is 19.3 Å². The predicted molar refractivity (Wildman–Crippen MR) is 321 cm³/mol. The molecule has 0 aromatic carbocycles. The van der Waals surface area contributed by atoms with Gasteiger partial charge in [0.1, 0.15) is 13.2 Å². The number of rotatable bonds is 58. The molecule has 0 heterocycles. The Morgan fingerprint density at radius 3 is 0.851 bits per heavy atom. The van der Waals surface area contributed by atoms with E-state index in [9.17, 15) is 14.4 Å². The van der Waals surface area contributed by atoms with Crippen LogP contribution in [-0.4, -0.2) is 37.2 Å². The average Bonchev–Trinajstić information content (AvgIpc) is 3.40. The Labute approximate surface area is 459 Å². The highest BCUT2D eigenvalue weighted by Crippen LogP contribution is 2.17. The normalized spacial score (nSPS) is 12.5. The topological polar surface area (TPSA) is 78.9 Å². The Balaban J connectivity index is 4.24. The zero-order valence-corrected chi connectivity index (χ0v) is 49.1. The molecule has 6 heteroatoms. The predicted octanol–water partition coefficient (Wildman–Crippen LogP) is 21.7. The van der Waals surface area contributed by atoms with Gasteiger partial charge in [-0.15, -0.1) is 0 Å². The molecule has 0 aliphatic carbocycles. The molecule has 0 rings (SSSR count). The second-order valence-electron chi connectivity index (χ2n) is 21.3. The summed E-state index contributed by atoms with van der Waals surface area (Å²) in [6, 6.07) is 0. The highest BCUT2D eigenvalue weighted by atomic mass is 16.6. The van der Waals surface area contributed by atoms with E-state index >= 15 is 0 Å². The van der Waals surface area contributed by atoms with Crippen molar-refractivity contribution in [2.24, 2.45) is 0 Å². The summed E-state index contributed by atoms with van der Waals surface area (Å²) < 4.78 is 16.9. The van der Waals surface area contributed by atoms with Gasteiger partial charge in [-0.1, -0.05) is 286 Å². The van der Waals surface area contributed by atoms with Gasteiger partial charge in [0.2, 0.25) is 0 Å². The molecule has 0 spiro atoms. The van der Waals surface area contributed by atoms with Gasteiger partial charge in [0.25, 0.3) is 0 Å². The second-order valence-corrected chi connectivity index (χ2v) is 21.3. The number of hydrogen-bond acceptors (Lipinski definition) is 6. The molecule has 0 N–H and O–H groups in total. The molecule has 0 bridgehead atoms. The molecule has 0 saturated carbocycles. The molecule has 0 aromatic rings. The van der Waals surface area contributed by atoms with E-state index in [1.807, 2.05) is 0 Å². The minimum absolute atomic E-state index is 0.0746. The first-order chi connectivity index (χ1) is 36.5. The lowest BCUT2D eigenvalue weighted by Gasteiger charge is -2.18. The average molecular weight is 1030 g/mol. The van der Waals surface area contributed by atoms with Gasteiger partial charge >= 0.3 is 17.9 Å². The van der Waals surface area contributed by atoms with Gasteiger partial charge in [-0.25, -0.2) is 0 Å². The fourth-order valence-corrected chi connectivity index (χ4v) is 9.17. The largest absolute Gasteiger partial charge is 0.462 e. The Kier molecular flexibility index (Phi) is 59.7. The summed E-state index contributed by atoms with van der Waals surface area (Å²) >= 11 is 0. The van der Waals surface area contributed by atoms with Gasteiger partial charge in [-0.3, -0.25) is 14.4 Å². The van der Waals surface area contributed by atoms with Crippen molar-refractivity contribution in [3.05, 3.63) is 72.9 Å². The van der Waals surface area contributed by atoms with Gasteiger partial charge in [-0.05, 0) is 89.9 Å². The minimum Gasteiger partial charge on any atom is -0.462 e. The number of esters is 3. The third-order valence-electron chi connectivity index (χ3n) is 13.9. The lowest BCUT2D eigenvalue weighted by molar-refractivity contribution is -0.167. The van der Waals surface area contributed by atoms with Crippen LogP contribution in [0, 0.1) is 0 Å². The highest BCUT2D eigenvalue weighted by Gasteiger charge is 2.19. The van der Waals surface area contributed by atoms with Gasteiger partial charge in [0.05, 0.1) is 0 Å². The number of carbonyl (C=O) groups excluding carboxylic acids is 3. The van der Waals surface area contributed by atoms with Crippen LogP contribution in [0.3, 0.4) is 0 Å². The van der Waals surface area contributed by atoms with E-state index in [1.165, 1.54) is 186 Å². The van der Waals surface area contributed by atoms with Crippen LogP contribution in [0.4, 0.5) is 0 Å². The van der Waals surface area contributed by atoms with E-state index in [2.05, 4.69) is 93.7 Å². The summed E-state index contributed by atoms with van der Waals surface area (Å²) in [6.45, 7) is 6.53. The molecule has 1 unspecified atom stereocenters. The zero-order chi connectivity index (χ0) is 53.6. The van der Waals surface area contributed by atoms with Gasteiger partial charge in [-0.2, -0.15) is 0 Å². The Morgan fingerprint density at radius 2 is 0.527 bits per heavy atom. The summed E-state index contributed by atoms with van der Waals surface area (Å²) in [6.07, 6.45) is 80.5. The van der Waals surface area contributed by atoms with Crippen molar-refractivity contribution >= 4 is 17.9 Å². The molecule has 0 radical (unpaired) electrons. The molecule has 0 aromatic heterocycles. The van der Waals surface area contributed by atoms with Crippen LogP contribution in [0.15, 0.2) is 72.9 Å². The molecule has 1 atom stereocenters. The molecule has 428 valence electrons. The van der Waals surface area contributed by atoms with Crippen molar-refractivity contribution in [3.8, 4) is 0 Å². The first kappa shape index (κ1) is 70.8. The van der Waals surface area contributed by atoms with Gasteiger partial charge in [0, 0.05) is 19.3 Å². The van der Waals surface area contributed by atoms with Crippen molar-refractivity contribution in [1.29, 1.82) is 0 Å². The zero-order valence-electron chi connectivity index (χ0n) is 49.1. The van der Waals surface area contributed by atoms with Crippen LogP contribution in [0.25, 0.3) is 0 Å². The first-order valence-corrected chi connectivity index (χ1v) is 31.9. The first-order valence-electron chi connectivity index (χ1n) is 31.9. The van der Waals surface area contributed by atoms with Crippen molar-refractivity contribution in [1.82, 2.24) is 0 Å². The maximum atomic E-state index is 12.9. The highest BCUT2D eigenvalue weighted by molar-refractivity contribution is 5.71. The lowest BCUT2D eigenvalue weighted by Crippen LogP contribution is -2.30. The third-order valence-corrected chi connectivity index (χ3v) is 13.9. The van der Waals surface area contributed by atoms with Crippen LogP contribution >= 0.6 is 0 Å². The number of carbonyl (C=O) groups is 3. The van der Waals surface area contributed by atoms with E-state index in [1.54, 1.807) is 0 Å². The lowest BCUT2D eigenvalue weighted by atomic mass is 10.0. The minimum atomic E-state index is -0.778. The fourth-order valence-electron chi connectivity index (χ4n) is 9.17. The summed E-state index contributed by atoms with van der Waals surface area (Å²) in [5.74, 6) is -0.868. The van der Waals surface area contributed by atoms with E-state index in [0.717, 1.165) is 96.3 Å². The number of hydrogen-bond donors (Lipinski definition) is 0. The maximum absolute atomic E-state index is 12.9. The summed E-state index contributed by atoms with van der Waals surface area (Å²) in [4.78, 5) is 38.3. The number of allylic oxidation sites excluding steroid dienone is 12. The summed E-state index contributed by atoms with van der Waals surface area (Å²) in [5, 5.41) is 0.